The zero-order chi connectivity index (χ0) is 33.4. The number of ketones is 1. The molecule has 0 saturated carbocycles. The molecule has 0 spiro atoms. The molecule has 0 aliphatic rings. The maximum atomic E-state index is 11.0. The number of carboxylic acid groups (broad SMARTS) is 1. The van der Waals surface area contributed by atoms with E-state index in [0.29, 0.717) is 0 Å². The number of rotatable bonds is 41. The fraction of sp³-hybridized carbons (Fsp3) is 0.952. The summed E-state index contributed by atoms with van der Waals surface area (Å²) in [6.07, 6.45) is 52.7. The lowest BCUT2D eigenvalue weighted by molar-refractivity contribution is -0.149. The van der Waals surface area contributed by atoms with Gasteiger partial charge >= 0.3 is 5.97 Å². The van der Waals surface area contributed by atoms with Crippen LogP contribution < -0.4 is 0 Å². The molecule has 4 heteroatoms. The minimum atomic E-state index is -1.28. The highest BCUT2D eigenvalue weighted by Crippen LogP contribution is 2.17. The summed E-state index contributed by atoms with van der Waals surface area (Å²) >= 11 is 5.73. The van der Waals surface area contributed by atoms with Crippen molar-refractivity contribution >= 4 is 23.4 Å². The fourth-order valence-corrected chi connectivity index (χ4v) is 7.04. The first kappa shape index (κ1) is 45.4. The summed E-state index contributed by atoms with van der Waals surface area (Å²) < 4.78 is 0. The summed E-state index contributed by atoms with van der Waals surface area (Å²) in [4.78, 5) is 21.5. The van der Waals surface area contributed by atoms with E-state index in [1.807, 2.05) is 0 Å². The summed E-state index contributed by atoms with van der Waals surface area (Å²) in [7, 11) is 0. The van der Waals surface area contributed by atoms with Gasteiger partial charge in [0.05, 0.1) is 0 Å². The highest BCUT2D eigenvalue weighted by atomic mass is 35.5. The van der Waals surface area contributed by atoms with Gasteiger partial charge in [0.25, 0.3) is 0 Å². The molecule has 0 saturated heterocycles. The summed E-state index contributed by atoms with van der Waals surface area (Å²) in [5.74, 6) is -1.08. The Balaban J connectivity index is 3.06. The zero-order valence-electron chi connectivity index (χ0n) is 30.9. The van der Waals surface area contributed by atoms with Crippen LogP contribution in [0.2, 0.25) is 0 Å². The van der Waals surface area contributed by atoms with Crippen LogP contribution in [0.5, 0.6) is 0 Å². The highest BCUT2D eigenvalue weighted by Gasteiger charge is 2.09. The zero-order valence-corrected chi connectivity index (χ0v) is 31.7. The van der Waals surface area contributed by atoms with Gasteiger partial charge in [0.1, 0.15) is 0 Å². The molecule has 0 atom stereocenters. The minimum Gasteiger partial charge on any atom is -0.476 e. The number of carboxylic acids is 1. The van der Waals surface area contributed by atoms with E-state index in [1.165, 1.54) is 225 Å². The molecule has 0 radical (unpaired) electrons. The van der Waals surface area contributed by atoms with Gasteiger partial charge in [0.2, 0.25) is 5.78 Å². The predicted molar refractivity (Wildman–Crippen MR) is 203 cm³/mol. The van der Waals surface area contributed by atoms with Gasteiger partial charge in [-0.25, -0.2) is 4.79 Å². The van der Waals surface area contributed by atoms with Gasteiger partial charge < -0.3 is 5.11 Å². The number of alkyl halides is 1. The maximum absolute atomic E-state index is 11.0. The second-order valence-corrected chi connectivity index (χ2v) is 15.0. The summed E-state index contributed by atoms with van der Waals surface area (Å²) in [5.41, 5.74) is 0. The van der Waals surface area contributed by atoms with Crippen molar-refractivity contribution in [3.63, 3.8) is 0 Å². The van der Waals surface area contributed by atoms with Gasteiger partial charge in [-0.3, -0.25) is 4.79 Å². The van der Waals surface area contributed by atoms with E-state index in [4.69, 9.17) is 16.7 Å². The molecule has 0 heterocycles. The Morgan fingerprint density at radius 1 is 0.283 bits per heavy atom. The Hall–Kier alpha value is -0.570. The molecule has 0 rings (SSSR count). The number of Topliss-reactive ketones (excluding diaryl/α,β-unsaturated/α-hetero) is 1. The first-order valence-corrected chi connectivity index (χ1v) is 21.5. The first-order chi connectivity index (χ1) is 22.7. The van der Waals surface area contributed by atoms with E-state index in [2.05, 4.69) is 0 Å². The van der Waals surface area contributed by atoms with Crippen LogP contribution in [0.3, 0.4) is 0 Å². The molecule has 46 heavy (non-hydrogen) atoms. The van der Waals surface area contributed by atoms with Gasteiger partial charge in [0.15, 0.2) is 0 Å². The number of halogens is 1. The fourth-order valence-electron chi connectivity index (χ4n) is 6.85. The Labute approximate surface area is 293 Å². The third kappa shape index (κ3) is 39.6. The maximum Gasteiger partial charge on any atom is 0.372 e. The van der Waals surface area contributed by atoms with Crippen molar-refractivity contribution in [2.75, 3.05) is 5.88 Å². The minimum absolute atomic E-state index is 0.202. The van der Waals surface area contributed by atoms with Gasteiger partial charge in [-0.1, -0.05) is 231 Å². The van der Waals surface area contributed by atoms with Crippen molar-refractivity contribution in [3.8, 4) is 0 Å². The molecular formula is C42H81ClO3. The summed E-state index contributed by atoms with van der Waals surface area (Å²) in [6.45, 7) is 0. The van der Waals surface area contributed by atoms with E-state index >= 15 is 0 Å². The normalized spacial score (nSPS) is 11.4. The second-order valence-electron chi connectivity index (χ2n) is 14.6. The molecule has 0 fully saturated rings. The standard InChI is InChI=1S/C42H81ClO3/c43-40-38-36-34-32-30-28-26-24-22-20-18-16-14-12-10-8-6-4-2-1-3-5-7-9-11-13-15-17-19-21-23-25-27-29-31-33-35-37-39-41(44)42(45)46/h1-40H2,(H,45,46). The molecule has 0 unspecified atom stereocenters. The van der Waals surface area contributed by atoms with Gasteiger partial charge in [-0.05, 0) is 12.8 Å². The molecular weight excluding hydrogens is 588 g/mol. The van der Waals surface area contributed by atoms with Crippen LogP contribution in [-0.2, 0) is 9.59 Å². The van der Waals surface area contributed by atoms with Crippen molar-refractivity contribution in [2.24, 2.45) is 0 Å². The average molecular weight is 670 g/mol. The first-order valence-electron chi connectivity index (χ1n) is 21.0. The third-order valence-electron chi connectivity index (χ3n) is 10.0. The van der Waals surface area contributed by atoms with Gasteiger partial charge in [0, 0.05) is 12.3 Å². The van der Waals surface area contributed by atoms with Gasteiger partial charge in [-0.15, -0.1) is 11.6 Å². The van der Waals surface area contributed by atoms with E-state index in [-0.39, 0.29) is 6.42 Å². The average Bonchev–Trinajstić information content (AvgIpc) is 3.05. The summed E-state index contributed by atoms with van der Waals surface area (Å²) in [5, 5.41) is 8.57. The number of carbonyl (C=O) groups excluding carboxylic acids is 1. The van der Waals surface area contributed by atoms with E-state index in [0.717, 1.165) is 25.1 Å². The van der Waals surface area contributed by atoms with E-state index < -0.39 is 11.8 Å². The topological polar surface area (TPSA) is 54.4 Å². The largest absolute Gasteiger partial charge is 0.476 e. The Kier molecular flexibility index (Phi) is 40.1. The lowest BCUT2D eigenvalue weighted by Gasteiger charge is -2.05. The SMILES string of the molecule is O=C(O)C(=O)CCCCCCCCCCCCCCCCCCCCCCCCCCCCCCCCCCCCCCCCCl. The molecule has 0 aromatic rings. The molecule has 0 aliphatic carbocycles. The molecule has 0 aliphatic heterocycles. The van der Waals surface area contributed by atoms with Crippen LogP contribution in [-0.4, -0.2) is 22.7 Å². The smallest absolute Gasteiger partial charge is 0.372 e. The number of hydrogen-bond donors (Lipinski definition) is 1. The van der Waals surface area contributed by atoms with E-state index in [1.54, 1.807) is 0 Å². The van der Waals surface area contributed by atoms with Crippen molar-refractivity contribution in [1.82, 2.24) is 0 Å². The van der Waals surface area contributed by atoms with Crippen LogP contribution in [0.1, 0.15) is 250 Å². The Morgan fingerprint density at radius 2 is 0.435 bits per heavy atom. The second kappa shape index (κ2) is 40.6. The molecule has 274 valence electrons. The lowest BCUT2D eigenvalue weighted by Crippen LogP contribution is -2.11. The quantitative estimate of drug-likeness (QED) is 0.0400. The predicted octanol–water partition coefficient (Wildman–Crippen LogP) is 15.1. The van der Waals surface area contributed by atoms with Gasteiger partial charge in [-0.2, -0.15) is 0 Å². The van der Waals surface area contributed by atoms with Crippen LogP contribution in [0.4, 0.5) is 0 Å². The molecule has 1 N–H and O–H groups in total. The van der Waals surface area contributed by atoms with Crippen molar-refractivity contribution in [2.45, 2.75) is 250 Å². The van der Waals surface area contributed by atoms with Crippen LogP contribution in [0.15, 0.2) is 0 Å². The number of unbranched alkanes of at least 4 members (excludes halogenated alkanes) is 37. The molecule has 0 aromatic carbocycles. The van der Waals surface area contributed by atoms with Crippen molar-refractivity contribution < 1.29 is 14.7 Å². The highest BCUT2D eigenvalue weighted by molar-refractivity contribution is 6.32. The number of carbonyl (C=O) groups is 2. The molecule has 0 bridgehead atoms. The Bertz CT molecular complexity index is 608. The summed E-state index contributed by atoms with van der Waals surface area (Å²) in [6, 6.07) is 0. The molecule has 3 nitrogen and oxygen atoms in total. The monoisotopic (exact) mass is 669 g/mol. The van der Waals surface area contributed by atoms with Crippen LogP contribution in [0.25, 0.3) is 0 Å². The van der Waals surface area contributed by atoms with E-state index in [9.17, 15) is 9.59 Å². The molecule has 0 aromatic heterocycles. The van der Waals surface area contributed by atoms with Crippen LogP contribution in [0, 0.1) is 0 Å². The lowest BCUT2D eigenvalue weighted by atomic mass is 10.0. The van der Waals surface area contributed by atoms with Crippen molar-refractivity contribution in [1.29, 1.82) is 0 Å². The third-order valence-corrected chi connectivity index (χ3v) is 10.3. The Morgan fingerprint density at radius 3 is 0.587 bits per heavy atom. The number of hydrogen-bond acceptors (Lipinski definition) is 2. The number of aliphatic carboxylic acids is 1. The van der Waals surface area contributed by atoms with Crippen molar-refractivity contribution in [3.05, 3.63) is 0 Å². The molecule has 0 amide bonds. The van der Waals surface area contributed by atoms with Crippen LogP contribution >= 0.6 is 11.6 Å².